The van der Waals surface area contributed by atoms with Crippen LogP contribution in [0.5, 0.6) is 0 Å². The van der Waals surface area contributed by atoms with E-state index in [0.717, 1.165) is 13.2 Å². The minimum Gasteiger partial charge on any atom is -0.466 e. The molecule has 0 atom stereocenters. The molecule has 0 radical (unpaired) electrons. The molecule has 0 fully saturated rings. The second kappa shape index (κ2) is 6.77. The molecule has 7 heteroatoms. The van der Waals surface area contributed by atoms with E-state index in [1.807, 2.05) is 0 Å². The van der Waals surface area contributed by atoms with Crippen LogP contribution in [-0.4, -0.2) is 33.2 Å². The van der Waals surface area contributed by atoms with E-state index in [4.69, 9.17) is 4.55 Å². The third kappa shape index (κ3) is 16.0. The zero-order valence-corrected chi connectivity index (χ0v) is 7.50. The summed E-state index contributed by atoms with van der Waals surface area (Å²) in [6.07, 6.45) is 1.11. The Morgan fingerprint density at radius 2 is 1.83 bits per heavy atom. The van der Waals surface area contributed by atoms with Gasteiger partial charge in [-0.15, -0.1) is 0 Å². The molecule has 0 bridgehead atoms. The second-order valence-corrected chi connectivity index (χ2v) is 2.51. The van der Waals surface area contributed by atoms with Crippen LogP contribution in [-0.2, 0) is 24.1 Å². The summed E-state index contributed by atoms with van der Waals surface area (Å²) in [6, 6.07) is 0. The smallest absolute Gasteiger partial charge is 0.397 e. The van der Waals surface area contributed by atoms with Crippen molar-refractivity contribution in [1.82, 2.24) is 0 Å². The quantitative estimate of drug-likeness (QED) is 0.375. The van der Waals surface area contributed by atoms with Crippen molar-refractivity contribution in [1.29, 1.82) is 0 Å². The summed E-state index contributed by atoms with van der Waals surface area (Å²) in [5.74, 6) is -0.394. The molecule has 6 nitrogen and oxygen atoms in total. The summed E-state index contributed by atoms with van der Waals surface area (Å²) in [5, 5.41) is 0. The van der Waals surface area contributed by atoms with Crippen LogP contribution < -0.4 is 0 Å². The molecule has 0 aromatic rings. The Labute approximate surface area is 70.7 Å². The lowest BCUT2D eigenvalue weighted by molar-refractivity contribution is -0.134. The van der Waals surface area contributed by atoms with Gasteiger partial charge < -0.3 is 4.74 Å². The van der Waals surface area contributed by atoms with Crippen molar-refractivity contribution in [2.75, 3.05) is 14.2 Å². The highest BCUT2D eigenvalue weighted by atomic mass is 32.3. The topological polar surface area (TPSA) is 89.9 Å². The molecular formula is C5H10O6S. The third-order valence-corrected chi connectivity index (χ3v) is 1.000. The lowest BCUT2D eigenvalue weighted by Gasteiger charge is -1.83. The molecule has 0 saturated heterocycles. The molecule has 0 aliphatic heterocycles. The molecule has 0 heterocycles. The van der Waals surface area contributed by atoms with Crippen LogP contribution in [0.3, 0.4) is 0 Å². The van der Waals surface area contributed by atoms with Crippen molar-refractivity contribution in [2.24, 2.45) is 0 Å². The summed E-state index contributed by atoms with van der Waals surface area (Å²) < 4.78 is 33.9. The van der Waals surface area contributed by atoms with Gasteiger partial charge in [-0.1, -0.05) is 6.58 Å². The molecule has 0 aliphatic rings. The van der Waals surface area contributed by atoms with Gasteiger partial charge in [0.25, 0.3) is 0 Å². The van der Waals surface area contributed by atoms with Gasteiger partial charge in [0.05, 0.1) is 14.2 Å². The van der Waals surface area contributed by atoms with Gasteiger partial charge >= 0.3 is 16.4 Å². The Hall–Kier alpha value is -0.920. The summed E-state index contributed by atoms with van der Waals surface area (Å²) in [7, 11) is -1.98. The van der Waals surface area contributed by atoms with Crippen molar-refractivity contribution in [2.45, 2.75) is 0 Å². The first-order valence-electron chi connectivity index (χ1n) is 2.60. The average Bonchev–Trinajstić information content (AvgIpc) is 2.03. The fourth-order valence-electron chi connectivity index (χ4n) is 0.0833. The molecule has 0 unspecified atom stereocenters. The third-order valence-electron chi connectivity index (χ3n) is 0.578. The standard InChI is InChI=1S/C4H6O2.CH4O4S/c1-3-4(5)6-2;1-5-6(2,3)4/h3H,1H2,2H3;1H3,(H,2,3,4). The van der Waals surface area contributed by atoms with E-state index in [1.54, 1.807) is 0 Å². The fourth-order valence-corrected chi connectivity index (χ4v) is 0.0833. The summed E-state index contributed by atoms with van der Waals surface area (Å²) in [4.78, 5) is 9.84. The Bertz CT molecular complexity index is 228. The maximum absolute atomic E-state index is 9.84. The highest BCUT2D eigenvalue weighted by molar-refractivity contribution is 7.80. The zero-order valence-electron chi connectivity index (χ0n) is 6.68. The molecule has 0 aromatic carbocycles. The van der Waals surface area contributed by atoms with Gasteiger partial charge in [0, 0.05) is 6.08 Å². The number of rotatable bonds is 2. The Morgan fingerprint density at radius 3 is 1.83 bits per heavy atom. The van der Waals surface area contributed by atoms with E-state index in [0.29, 0.717) is 0 Å². The highest BCUT2D eigenvalue weighted by Gasteiger charge is 1.94. The van der Waals surface area contributed by atoms with Gasteiger partial charge in [-0.05, 0) is 0 Å². The number of hydrogen-bond acceptors (Lipinski definition) is 5. The maximum Gasteiger partial charge on any atom is 0.397 e. The molecule has 12 heavy (non-hydrogen) atoms. The van der Waals surface area contributed by atoms with Crippen LogP contribution in [0.15, 0.2) is 12.7 Å². The lowest BCUT2D eigenvalue weighted by Crippen LogP contribution is -1.96. The Morgan fingerprint density at radius 1 is 1.50 bits per heavy atom. The number of methoxy groups -OCH3 is 1. The molecule has 72 valence electrons. The van der Waals surface area contributed by atoms with Crippen molar-refractivity contribution in [3.63, 3.8) is 0 Å². The van der Waals surface area contributed by atoms with Crippen molar-refractivity contribution < 1.29 is 26.7 Å². The van der Waals surface area contributed by atoms with E-state index in [-0.39, 0.29) is 0 Å². The van der Waals surface area contributed by atoms with Gasteiger partial charge in [-0.25, -0.2) is 4.79 Å². The molecular weight excluding hydrogens is 188 g/mol. The summed E-state index contributed by atoms with van der Waals surface area (Å²) in [6.45, 7) is 3.16. The van der Waals surface area contributed by atoms with E-state index < -0.39 is 16.4 Å². The Balaban J connectivity index is 0. The molecule has 0 rings (SSSR count). The van der Waals surface area contributed by atoms with Crippen LogP contribution in [0.25, 0.3) is 0 Å². The summed E-state index contributed by atoms with van der Waals surface area (Å²) >= 11 is 0. The molecule has 0 spiro atoms. The first-order chi connectivity index (χ1) is 5.37. The van der Waals surface area contributed by atoms with Crippen LogP contribution in [0.2, 0.25) is 0 Å². The normalized spacial score (nSPS) is 9.25. The predicted molar refractivity (Wildman–Crippen MR) is 40.8 cm³/mol. The van der Waals surface area contributed by atoms with Crippen LogP contribution in [0.4, 0.5) is 0 Å². The van der Waals surface area contributed by atoms with Crippen LogP contribution in [0.1, 0.15) is 0 Å². The van der Waals surface area contributed by atoms with Gasteiger partial charge in [-0.2, -0.15) is 8.42 Å². The largest absolute Gasteiger partial charge is 0.466 e. The maximum atomic E-state index is 9.84. The molecule has 0 aromatic heterocycles. The average molecular weight is 198 g/mol. The van der Waals surface area contributed by atoms with Crippen molar-refractivity contribution >= 4 is 16.4 Å². The number of carbonyl (C=O) groups is 1. The fraction of sp³-hybridized carbons (Fsp3) is 0.400. The number of hydrogen-bond donors (Lipinski definition) is 1. The van der Waals surface area contributed by atoms with Gasteiger partial charge in [0.1, 0.15) is 0 Å². The summed E-state index contributed by atoms with van der Waals surface area (Å²) in [5.41, 5.74) is 0. The minimum atomic E-state index is -4.16. The highest BCUT2D eigenvalue weighted by Crippen LogP contribution is 1.74. The number of ether oxygens (including phenoxy) is 1. The first kappa shape index (κ1) is 13.7. The van der Waals surface area contributed by atoms with Crippen LogP contribution >= 0.6 is 0 Å². The Kier molecular flexibility index (Phi) is 7.70. The van der Waals surface area contributed by atoms with Crippen molar-refractivity contribution in [3.8, 4) is 0 Å². The number of carbonyl (C=O) groups excluding carboxylic acids is 1. The van der Waals surface area contributed by atoms with Crippen LogP contribution in [0, 0.1) is 0 Å². The van der Waals surface area contributed by atoms with E-state index in [1.165, 1.54) is 7.11 Å². The predicted octanol–water partition coefficient (Wildman–Crippen LogP) is -0.219. The van der Waals surface area contributed by atoms with Gasteiger partial charge in [0.15, 0.2) is 0 Å². The molecule has 0 amide bonds. The van der Waals surface area contributed by atoms with E-state index in [2.05, 4.69) is 15.5 Å². The zero-order chi connectivity index (χ0) is 10.2. The van der Waals surface area contributed by atoms with Gasteiger partial charge in [-0.3, -0.25) is 8.74 Å². The molecule has 1 N–H and O–H groups in total. The molecule has 0 aliphatic carbocycles. The lowest BCUT2D eigenvalue weighted by atomic mass is 10.7. The monoisotopic (exact) mass is 198 g/mol. The van der Waals surface area contributed by atoms with Crippen molar-refractivity contribution in [3.05, 3.63) is 12.7 Å². The first-order valence-corrected chi connectivity index (χ1v) is 3.97. The molecule has 0 saturated carbocycles. The SMILES string of the molecule is C=CC(=O)OC.COS(=O)(=O)O. The second-order valence-electron chi connectivity index (χ2n) is 1.32. The number of esters is 1. The van der Waals surface area contributed by atoms with E-state index in [9.17, 15) is 13.2 Å². The minimum absolute atomic E-state index is 0.394. The van der Waals surface area contributed by atoms with E-state index >= 15 is 0 Å². The van der Waals surface area contributed by atoms with Gasteiger partial charge in [0.2, 0.25) is 0 Å².